The molecule has 146 valence electrons. The van der Waals surface area contributed by atoms with Crippen LogP contribution in [-0.4, -0.2) is 25.4 Å². The van der Waals surface area contributed by atoms with E-state index < -0.39 is 5.60 Å². The average Bonchev–Trinajstić information content (AvgIpc) is 3.12. The highest BCUT2D eigenvalue weighted by molar-refractivity contribution is 5.92. The first-order chi connectivity index (χ1) is 13.4. The molecule has 2 aliphatic heterocycles. The van der Waals surface area contributed by atoms with Gasteiger partial charge in [0.2, 0.25) is 12.7 Å². The van der Waals surface area contributed by atoms with Gasteiger partial charge in [-0.25, -0.2) is 0 Å². The molecule has 0 fully saturated rings. The molecule has 2 aromatic carbocycles. The Bertz CT molecular complexity index is 935. The average molecular weight is 381 g/mol. The zero-order valence-corrected chi connectivity index (χ0v) is 16.2. The van der Waals surface area contributed by atoms with Crippen LogP contribution in [0.3, 0.4) is 0 Å². The molecular formula is C22H23NO5. The van der Waals surface area contributed by atoms with Crippen LogP contribution in [0, 0.1) is 0 Å². The zero-order chi connectivity index (χ0) is 19.7. The van der Waals surface area contributed by atoms with Crippen molar-refractivity contribution in [2.75, 3.05) is 13.9 Å². The molecule has 0 aliphatic carbocycles. The summed E-state index contributed by atoms with van der Waals surface area (Å²) in [6.45, 7) is 4.25. The van der Waals surface area contributed by atoms with Crippen LogP contribution in [0.2, 0.25) is 0 Å². The number of benzene rings is 2. The lowest BCUT2D eigenvalue weighted by Gasteiger charge is -2.37. The number of rotatable bonds is 4. The van der Waals surface area contributed by atoms with E-state index in [-0.39, 0.29) is 18.7 Å². The van der Waals surface area contributed by atoms with Crippen molar-refractivity contribution in [1.82, 2.24) is 5.32 Å². The van der Waals surface area contributed by atoms with E-state index in [1.54, 1.807) is 13.2 Å². The number of fused-ring (bicyclic) bond motifs is 2. The normalized spacial score (nSPS) is 19.0. The largest absolute Gasteiger partial charge is 0.497 e. The molecule has 1 N–H and O–H groups in total. The fourth-order valence-corrected chi connectivity index (χ4v) is 3.50. The van der Waals surface area contributed by atoms with Crippen molar-refractivity contribution >= 4 is 12.0 Å². The summed E-state index contributed by atoms with van der Waals surface area (Å²) in [4.78, 5) is 12.5. The Balaban J connectivity index is 1.49. The van der Waals surface area contributed by atoms with Crippen molar-refractivity contribution in [3.05, 3.63) is 53.6 Å². The molecule has 4 rings (SSSR count). The van der Waals surface area contributed by atoms with Gasteiger partial charge >= 0.3 is 0 Å². The Morgan fingerprint density at radius 1 is 1.14 bits per heavy atom. The standard InChI is InChI=1S/C22H23NO5/c1-22(2)12-17(16-7-6-15(25-3)11-19(16)28-22)23-21(24)9-5-14-4-8-18-20(10-14)27-13-26-18/h4-11,17H,12-13H2,1-3H3,(H,23,24)/b9-5+/t17-/m1/s1. The van der Waals surface area contributed by atoms with Gasteiger partial charge in [-0.3, -0.25) is 4.79 Å². The summed E-state index contributed by atoms with van der Waals surface area (Å²) in [5, 5.41) is 3.09. The summed E-state index contributed by atoms with van der Waals surface area (Å²) in [6.07, 6.45) is 3.97. The van der Waals surface area contributed by atoms with E-state index in [9.17, 15) is 4.79 Å². The Labute approximate surface area is 164 Å². The van der Waals surface area contributed by atoms with Crippen LogP contribution >= 0.6 is 0 Å². The molecule has 0 unspecified atom stereocenters. The quantitative estimate of drug-likeness (QED) is 0.815. The van der Waals surface area contributed by atoms with Gasteiger partial charge in [0.05, 0.1) is 13.2 Å². The molecule has 28 heavy (non-hydrogen) atoms. The number of carbonyl (C=O) groups is 1. The first-order valence-corrected chi connectivity index (χ1v) is 9.19. The lowest BCUT2D eigenvalue weighted by atomic mass is 9.89. The fraction of sp³-hybridized carbons (Fsp3) is 0.318. The summed E-state index contributed by atoms with van der Waals surface area (Å²) in [5.74, 6) is 2.71. The van der Waals surface area contributed by atoms with Crippen molar-refractivity contribution in [3.8, 4) is 23.0 Å². The van der Waals surface area contributed by atoms with Gasteiger partial charge < -0.3 is 24.3 Å². The van der Waals surface area contributed by atoms with Crippen LogP contribution in [-0.2, 0) is 4.79 Å². The van der Waals surface area contributed by atoms with E-state index in [0.29, 0.717) is 12.2 Å². The molecule has 1 amide bonds. The van der Waals surface area contributed by atoms with E-state index in [1.165, 1.54) is 6.08 Å². The topological polar surface area (TPSA) is 66.0 Å². The van der Waals surface area contributed by atoms with Crippen LogP contribution in [0.15, 0.2) is 42.5 Å². The molecule has 0 bridgehead atoms. The third kappa shape index (κ3) is 3.76. The van der Waals surface area contributed by atoms with Gasteiger partial charge in [0, 0.05) is 24.1 Å². The Morgan fingerprint density at radius 3 is 2.79 bits per heavy atom. The predicted octanol–water partition coefficient (Wildman–Crippen LogP) is 3.86. The van der Waals surface area contributed by atoms with Crippen LogP contribution < -0.4 is 24.3 Å². The van der Waals surface area contributed by atoms with Gasteiger partial charge in [-0.1, -0.05) is 6.07 Å². The Kier molecular flexibility index (Phi) is 4.63. The maximum atomic E-state index is 12.5. The maximum Gasteiger partial charge on any atom is 0.244 e. The van der Waals surface area contributed by atoms with Gasteiger partial charge in [0.15, 0.2) is 11.5 Å². The van der Waals surface area contributed by atoms with E-state index >= 15 is 0 Å². The predicted molar refractivity (Wildman–Crippen MR) is 105 cm³/mol. The fourth-order valence-electron chi connectivity index (χ4n) is 3.50. The molecule has 0 spiro atoms. The molecule has 6 nitrogen and oxygen atoms in total. The SMILES string of the molecule is COc1ccc2c(c1)OC(C)(C)C[C@H]2NC(=O)/C=C/c1ccc2c(c1)OCO2. The summed E-state index contributed by atoms with van der Waals surface area (Å²) >= 11 is 0. The summed E-state index contributed by atoms with van der Waals surface area (Å²) in [6, 6.07) is 11.1. The minimum absolute atomic E-state index is 0.140. The number of methoxy groups -OCH3 is 1. The number of ether oxygens (including phenoxy) is 4. The van der Waals surface area contributed by atoms with E-state index in [1.807, 2.05) is 50.2 Å². The van der Waals surface area contributed by atoms with Crippen LogP contribution in [0.5, 0.6) is 23.0 Å². The molecule has 0 saturated heterocycles. The van der Waals surface area contributed by atoms with Gasteiger partial charge in [-0.05, 0) is 49.8 Å². The third-order valence-electron chi connectivity index (χ3n) is 4.82. The number of hydrogen-bond acceptors (Lipinski definition) is 5. The highest BCUT2D eigenvalue weighted by atomic mass is 16.7. The second-order valence-electron chi connectivity index (χ2n) is 7.48. The second kappa shape index (κ2) is 7.11. The van der Waals surface area contributed by atoms with E-state index in [4.69, 9.17) is 18.9 Å². The molecule has 1 atom stereocenters. The van der Waals surface area contributed by atoms with Crippen LogP contribution in [0.25, 0.3) is 6.08 Å². The molecule has 0 saturated carbocycles. The Hall–Kier alpha value is -3.15. The van der Waals surface area contributed by atoms with Gasteiger partial charge in [0.1, 0.15) is 17.1 Å². The molecule has 2 aliphatic rings. The van der Waals surface area contributed by atoms with Crippen molar-refractivity contribution in [3.63, 3.8) is 0 Å². The highest BCUT2D eigenvalue weighted by Gasteiger charge is 2.34. The first-order valence-electron chi connectivity index (χ1n) is 9.19. The van der Waals surface area contributed by atoms with Crippen molar-refractivity contribution in [2.24, 2.45) is 0 Å². The molecule has 0 radical (unpaired) electrons. The monoisotopic (exact) mass is 381 g/mol. The van der Waals surface area contributed by atoms with Crippen LogP contribution in [0.1, 0.15) is 37.4 Å². The molecule has 2 heterocycles. The third-order valence-corrected chi connectivity index (χ3v) is 4.82. The number of nitrogens with one attached hydrogen (secondary N) is 1. The van der Waals surface area contributed by atoms with Crippen molar-refractivity contribution in [1.29, 1.82) is 0 Å². The highest BCUT2D eigenvalue weighted by Crippen LogP contribution is 2.41. The minimum Gasteiger partial charge on any atom is -0.497 e. The summed E-state index contributed by atoms with van der Waals surface area (Å²) < 4.78 is 22.0. The molecule has 6 heteroatoms. The van der Waals surface area contributed by atoms with Crippen molar-refractivity contribution < 1.29 is 23.7 Å². The second-order valence-corrected chi connectivity index (χ2v) is 7.48. The first kappa shape index (κ1) is 18.2. The van der Waals surface area contributed by atoms with Crippen LogP contribution in [0.4, 0.5) is 0 Å². The summed E-state index contributed by atoms with van der Waals surface area (Å²) in [7, 11) is 1.62. The number of amides is 1. The van der Waals surface area contributed by atoms with Gasteiger partial charge in [-0.15, -0.1) is 0 Å². The molecule has 2 aromatic rings. The minimum atomic E-state index is -0.391. The van der Waals surface area contributed by atoms with Gasteiger partial charge in [-0.2, -0.15) is 0 Å². The van der Waals surface area contributed by atoms with E-state index in [0.717, 1.165) is 28.4 Å². The maximum absolute atomic E-state index is 12.5. The lowest BCUT2D eigenvalue weighted by molar-refractivity contribution is -0.117. The molecular weight excluding hydrogens is 358 g/mol. The summed E-state index contributed by atoms with van der Waals surface area (Å²) in [5.41, 5.74) is 1.43. The van der Waals surface area contributed by atoms with Gasteiger partial charge in [0.25, 0.3) is 0 Å². The molecule has 0 aromatic heterocycles. The zero-order valence-electron chi connectivity index (χ0n) is 16.2. The number of hydrogen-bond donors (Lipinski definition) is 1. The smallest absolute Gasteiger partial charge is 0.244 e. The number of carbonyl (C=O) groups excluding carboxylic acids is 1. The Morgan fingerprint density at radius 2 is 1.96 bits per heavy atom. The van der Waals surface area contributed by atoms with E-state index in [2.05, 4.69) is 5.32 Å². The van der Waals surface area contributed by atoms with Crippen molar-refractivity contribution in [2.45, 2.75) is 31.9 Å². The lowest BCUT2D eigenvalue weighted by Crippen LogP contribution is -2.40.